The Labute approximate surface area is 352 Å². The topological polar surface area (TPSA) is 9.72 Å². The Hall–Kier alpha value is -6.22. The molecule has 3 nitrogen and oxygen atoms in total. The van der Waals surface area contributed by atoms with Crippen LogP contribution < -0.4 is 41.5 Å². The minimum atomic E-state index is -1.92. The Kier molecular flexibility index (Phi) is 9.54. The zero-order valence-electron chi connectivity index (χ0n) is 34.6. The van der Waals surface area contributed by atoms with Crippen LogP contribution in [0.4, 0.5) is 51.2 Å². The number of fused-ring (bicyclic) bond motifs is 6. The molecule has 11 rings (SSSR count). The highest BCUT2D eigenvalue weighted by Crippen LogP contribution is 2.48. The van der Waals surface area contributed by atoms with E-state index in [2.05, 4.69) is 203 Å². The highest BCUT2D eigenvalue weighted by atomic mass is 28.3. The maximum absolute atomic E-state index is 2.68. The van der Waals surface area contributed by atoms with E-state index in [1.807, 2.05) is 13.8 Å². The number of hydrogen-bond donors (Lipinski definition) is 0. The summed E-state index contributed by atoms with van der Waals surface area (Å²) >= 11 is 0. The molecule has 1 saturated carbocycles. The fourth-order valence-corrected chi connectivity index (χ4v) is 13.4. The minimum absolute atomic E-state index is 0.0672. The molecule has 0 aromatic heterocycles. The molecule has 1 fully saturated rings. The molecule has 0 atom stereocenters. The number of benzene rings is 7. The number of para-hydroxylation sites is 5. The highest BCUT2D eigenvalue weighted by Gasteiger charge is 2.45. The van der Waals surface area contributed by atoms with Gasteiger partial charge in [0.2, 0.25) is 0 Å². The second-order valence-electron chi connectivity index (χ2n) is 16.9. The van der Waals surface area contributed by atoms with Gasteiger partial charge in [0.15, 0.2) is 0 Å². The van der Waals surface area contributed by atoms with Crippen molar-refractivity contribution in [1.82, 2.24) is 0 Å². The number of rotatable bonds is 4. The molecule has 4 aliphatic rings. The first-order valence-electron chi connectivity index (χ1n) is 21.4. The van der Waals surface area contributed by atoms with Gasteiger partial charge in [0.05, 0.1) is 0 Å². The van der Waals surface area contributed by atoms with E-state index >= 15 is 0 Å². The molecule has 1 aliphatic carbocycles. The summed E-state index contributed by atoms with van der Waals surface area (Å²) in [5, 5.41) is 2.98. The van der Waals surface area contributed by atoms with Crippen molar-refractivity contribution >= 4 is 92.7 Å². The maximum atomic E-state index is 2.68. The second-order valence-corrected chi connectivity index (χ2v) is 21.2. The molecule has 3 aliphatic heterocycles. The molecule has 59 heavy (non-hydrogen) atoms. The molecule has 0 spiro atoms. The van der Waals surface area contributed by atoms with Crippen LogP contribution in [0.15, 0.2) is 164 Å². The summed E-state index contributed by atoms with van der Waals surface area (Å²) in [6, 6.07) is 62.1. The van der Waals surface area contributed by atoms with Crippen molar-refractivity contribution in [2.24, 2.45) is 0 Å². The molecular formula is C54H50BN3Si. The standard InChI is InChI=1S/C50H44BN3Si.C4H6/c1-55(2)48-28-16-14-26-44(48)54(45-27-15-17-29-49(45)55)39-30-31-43-41(34-39)51-40-24-12-13-25-42(40)52(37-20-8-4-9-21-37)46-32-36(35-18-6-3-7-19-35)33-47(50(46)51)53(43)38-22-10-5-11-23-38;1-3-4-2/h4-5,8-17,20-35H,3,6-7,18-19H2,1-2H3;1-2H3. The predicted molar refractivity (Wildman–Crippen MR) is 257 cm³/mol. The Morgan fingerprint density at radius 2 is 0.932 bits per heavy atom. The third kappa shape index (κ3) is 6.12. The van der Waals surface area contributed by atoms with Gasteiger partial charge in [-0.05, 0) is 138 Å². The molecule has 0 amide bonds. The van der Waals surface area contributed by atoms with E-state index in [4.69, 9.17) is 0 Å². The number of hydrogen-bond acceptors (Lipinski definition) is 3. The lowest BCUT2D eigenvalue weighted by Crippen LogP contribution is -2.61. The summed E-state index contributed by atoms with van der Waals surface area (Å²) in [6.07, 6.45) is 6.47. The van der Waals surface area contributed by atoms with E-state index in [0.29, 0.717) is 5.92 Å². The van der Waals surface area contributed by atoms with E-state index < -0.39 is 8.07 Å². The van der Waals surface area contributed by atoms with Crippen molar-refractivity contribution in [3.63, 3.8) is 0 Å². The summed E-state index contributed by atoms with van der Waals surface area (Å²) < 4.78 is 0. The minimum Gasteiger partial charge on any atom is -0.311 e. The van der Waals surface area contributed by atoms with Gasteiger partial charge in [-0.1, -0.05) is 123 Å². The van der Waals surface area contributed by atoms with E-state index in [-0.39, 0.29) is 6.71 Å². The third-order valence-corrected chi connectivity index (χ3v) is 16.8. The Morgan fingerprint density at radius 3 is 1.49 bits per heavy atom. The van der Waals surface area contributed by atoms with Crippen molar-refractivity contribution in [2.75, 3.05) is 14.7 Å². The monoisotopic (exact) mass is 779 g/mol. The van der Waals surface area contributed by atoms with E-state index in [1.54, 1.807) is 0 Å². The normalized spacial score (nSPS) is 15.6. The van der Waals surface area contributed by atoms with Crippen LogP contribution in [0, 0.1) is 11.8 Å². The van der Waals surface area contributed by atoms with Gasteiger partial charge >= 0.3 is 0 Å². The van der Waals surface area contributed by atoms with Crippen LogP contribution in [0.25, 0.3) is 0 Å². The molecular weight excluding hydrogens is 730 g/mol. The third-order valence-electron chi connectivity index (χ3n) is 13.2. The maximum Gasteiger partial charge on any atom is 0.252 e. The van der Waals surface area contributed by atoms with Crippen LogP contribution in [-0.2, 0) is 0 Å². The van der Waals surface area contributed by atoms with Crippen LogP contribution in [0.1, 0.15) is 57.4 Å². The molecule has 3 heterocycles. The molecule has 7 aromatic carbocycles. The van der Waals surface area contributed by atoms with Crippen molar-refractivity contribution in [1.29, 1.82) is 0 Å². The van der Waals surface area contributed by atoms with Gasteiger partial charge in [-0.25, -0.2) is 0 Å². The number of anilines is 9. The lowest BCUT2D eigenvalue weighted by atomic mass is 9.33. The lowest BCUT2D eigenvalue weighted by Gasteiger charge is -2.45. The Morgan fingerprint density at radius 1 is 0.458 bits per heavy atom. The van der Waals surface area contributed by atoms with Crippen LogP contribution in [0.3, 0.4) is 0 Å². The van der Waals surface area contributed by atoms with Gasteiger partial charge < -0.3 is 14.7 Å². The van der Waals surface area contributed by atoms with Crippen molar-refractivity contribution in [3.8, 4) is 11.8 Å². The van der Waals surface area contributed by atoms with Gasteiger partial charge in [0.25, 0.3) is 6.71 Å². The van der Waals surface area contributed by atoms with Crippen LogP contribution >= 0.6 is 0 Å². The molecule has 0 saturated heterocycles. The molecule has 0 bridgehead atoms. The average Bonchev–Trinajstić information content (AvgIpc) is 3.30. The first-order valence-corrected chi connectivity index (χ1v) is 24.4. The summed E-state index contributed by atoms with van der Waals surface area (Å²) in [4.78, 5) is 7.68. The van der Waals surface area contributed by atoms with Crippen molar-refractivity contribution in [2.45, 2.75) is 65.0 Å². The van der Waals surface area contributed by atoms with Crippen LogP contribution in [0.5, 0.6) is 0 Å². The number of nitrogens with zero attached hydrogens (tertiary/aromatic N) is 3. The molecule has 288 valence electrons. The lowest BCUT2D eigenvalue weighted by molar-refractivity contribution is 0.444. The van der Waals surface area contributed by atoms with Gasteiger partial charge in [-0.2, -0.15) is 0 Å². The average molecular weight is 780 g/mol. The first-order chi connectivity index (χ1) is 29.0. The van der Waals surface area contributed by atoms with Gasteiger partial charge in [-0.15, -0.1) is 11.8 Å². The van der Waals surface area contributed by atoms with Gasteiger partial charge in [0.1, 0.15) is 8.07 Å². The van der Waals surface area contributed by atoms with Gasteiger partial charge in [0, 0.05) is 51.2 Å². The smallest absolute Gasteiger partial charge is 0.252 e. The van der Waals surface area contributed by atoms with Crippen molar-refractivity contribution in [3.05, 3.63) is 169 Å². The Bertz CT molecular complexity index is 2670. The van der Waals surface area contributed by atoms with E-state index in [9.17, 15) is 0 Å². The molecule has 0 unspecified atom stereocenters. The van der Waals surface area contributed by atoms with Crippen LogP contribution in [-0.4, -0.2) is 14.8 Å². The molecule has 0 radical (unpaired) electrons. The zero-order valence-corrected chi connectivity index (χ0v) is 35.6. The van der Waals surface area contributed by atoms with E-state index in [0.717, 1.165) is 0 Å². The summed E-state index contributed by atoms with van der Waals surface area (Å²) in [5.41, 5.74) is 16.9. The van der Waals surface area contributed by atoms with Gasteiger partial charge in [-0.3, -0.25) is 0 Å². The quantitative estimate of drug-likeness (QED) is 0.130. The van der Waals surface area contributed by atoms with Crippen LogP contribution in [0.2, 0.25) is 13.1 Å². The summed E-state index contributed by atoms with van der Waals surface area (Å²) in [7, 11) is -1.92. The fraction of sp³-hybridized carbons (Fsp3) is 0.185. The van der Waals surface area contributed by atoms with Crippen molar-refractivity contribution < 1.29 is 0 Å². The zero-order chi connectivity index (χ0) is 40.1. The largest absolute Gasteiger partial charge is 0.311 e. The predicted octanol–water partition coefficient (Wildman–Crippen LogP) is 11.5. The molecule has 5 heteroatoms. The molecule has 0 N–H and O–H groups in total. The summed E-state index contributed by atoms with van der Waals surface area (Å²) in [5.74, 6) is 5.93. The highest BCUT2D eigenvalue weighted by molar-refractivity contribution is 7.03. The first kappa shape index (κ1) is 37.1. The van der Waals surface area contributed by atoms with E-state index in [1.165, 1.54) is 116 Å². The summed E-state index contributed by atoms with van der Waals surface area (Å²) in [6.45, 7) is 8.71. The Balaban J connectivity index is 0.00000101. The molecule has 7 aromatic rings. The SMILES string of the molecule is CC#CC.C[Si]1(C)c2ccccc2N(c2ccc3c(c2)B2c4ccccc4N(c4ccccc4)c4cc(C5CCCCC5)cc(c42)N3c2ccccc2)c2ccccc21. The fourth-order valence-electron chi connectivity index (χ4n) is 10.4. The second kappa shape index (κ2) is 15.2.